The monoisotopic (exact) mass is 230 g/mol. The van der Waals surface area contributed by atoms with E-state index in [1.165, 1.54) is 5.56 Å². The third-order valence-electron chi connectivity index (χ3n) is 2.91. The SMILES string of the molecule is CCc1ccc(C(O)Cc2ccc(C)cc2)o1. The summed E-state index contributed by atoms with van der Waals surface area (Å²) < 4.78 is 5.54. The zero-order valence-electron chi connectivity index (χ0n) is 10.3. The maximum Gasteiger partial charge on any atom is 0.133 e. The predicted molar refractivity (Wildman–Crippen MR) is 67.9 cm³/mol. The molecule has 0 saturated carbocycles. The van der Waals surface area contributed by atoms with Crippen LogP contribution in [0.25, 0.3) is 0 Å². The minimum Gasteiger partial charge on any atom is -0.463 e. The molecule has 1 N–H and O–H groups in total. The minimum atomic E-state index is -0.557. The van der Waals surface area contributed by atoms with Crippen molar-refractivity contribution in [2.75, 3.05) is 0 Å². The highest BCUT2D eigenvalue weighted by Crippen LogP contribution is 2.21. The Morgan fingerprint density at radius 2 is 1.82 bits per heavy atom. The second kappa shape index (κ2) is 5.19. The van der Waals surface area contributed by atoms with E-state index in [4.69, 9.17) is 4.42 Å². The molecule has 0 radical (unpaired) electrons. The molecule has 2 aromatic rings. The van der Waals surface area contributed by atoms with Crippen molar-refractivity contribution in [3.63, 3.8) is 0 Å². The van der Waals surface area contributed by atoms with Crippen molar-refractivity contribution in [1.82, 2.24) is 0 Å². The number of benzene rings is 1. The average molecular weight is 230 g/mol. The van der Waals surface area contributed by atoms with E-state index >= 15 is 0 Å². The van der Waals surface area contributed by atoms with Gasteiger partial charge >= 0.3 is 0 Å². The molecule has 1 atom stereocenters. The van der Waals surface area contributed by atoms with Crippen molar-refractivity contribution < 1.29 is 9.52 Å². The molecule has 2 nitrogen and oxygen atoms in total. The fraction of sp³-hybridized carbons (Fsp3) is 0.333. The van der Waals surface area contributed by atoms with Gasteiger partial charge in [0.05, 0.1) is 0 Å². The van der Waals surface area contributed by atoms with Crippen LogP contribution in [0.15, 0.2) is 40.8 Å². The number of aliphatic hydroxyl groups is 1. The third kappa shape index (κ3) is 2.98. The first-order valence-electron chi connectivity index (χ1n) is 6.01. The Morgan fingerprint density at radius 3 is 2.41 bits per heavy atom. The molecular formula is C15H18O2. The van der Waals surface area contributed by atoms with Gasteiger partial charge in [0.2, 0.25) is 0 Å². The molecule has 0 aliphatic carbocycles. The van der Waals surface area contributed by atoms with Crippen molar-refractivity contribution in [2.24, 2.45) is 0 Å². The maximum absolute atomic E-state index is 10.1. The van der Waals surface area contributed by atoms with Crippen LogP contribution in [0.3, 0.4) is 0 Å². The Morgan fingerprint density at radius 1 is 1.12 bits per heavy atom. The molecule has 1 unspecified atom stereocenters. The number of hydrogen-bond donors (Lipinski definition) is 1. The van der Waals surface area contributed by atoms with Crippen LogP contribution in [0.4, 0.5) is 0 Å². The molecule has 2 rings (SSSR count). The van der Waals surface area contributed by atoms with Crippen molar-refractivity contribution in [1.29, 1.82) is 0 Å². The first kappa shape index (κ1) is 11.9. The van der Waals surface area contributed by atoms with Crippen molar-refractivity contribution in [3.8, 4) is 0 Å². The molecule has 0 amide bonds. The van der Waals surface area contributed by atoms with E-state index in [1.54, 1.807) is 0 Å². The molecule has 2 heteroatoms. The van der Waals surface area contributed by atoms with Gasteiger partial charge in [-0.1, -0.05) is 36.8 Å². The highest BCUT2D eigenvalue weighted by atomic mass is 16.4. The number of furan rings is 1. The van der Waals surface area contributed by atoms with Crippen molar-refractivity contribution in [2.45, 2.75) is 32.8 Å². The third-order valence-corrected chi connectivity index (χ3v) is 2.91. The second-order valence-corrected chi connectivity index (χ2v) is 4.36. The molecule has 1 aromatic heterocycles. The van der Waals surface area contributed by atoms with Gasteiger partial charge in [0.1, 0.15) is 17.6 Å². The Kier molecular flexibility index (Phi) is 3.64. The van der Waals surface area contributed by atoms with E-state index in [9.17, 15) is 5.11 Å². The first-order valence-corrected chi connectivity index (χ1v) is 6.01. The van der Waals surface area contributed by atoms with Gasteiger partial charge in [0, 0.05) is 12.8 Å². The summed E-state index contributed by atoms with van der Waals surface area (Å²) in [5.74, 6) is 1.57. The van der Waals surface area contributed by atoms with E-state index in [1.807, 2.05) is 31.2 Å². The molecule has 0 aliphatic rings. The maximum atomic E-state index is 10.1. The van der Waals surface area contributed by atoms with Gasteiger partial charge in [-0.15, -0.1) is 0 Å². The average Bonchev–Trinajstić information content (AvgIpc) is 2.81. The van der Waals surface area contributed by atoms with E-state index in [0.29, 0.717) is 12.2 Å². The molecule has 1 heterocycles. The molecule has 0 fully saturated rings. The summed E-state index contributed by atoms with van der Waals surface area (Å²) in [6.07, 6.45) is 0.895. The highest BCUT2D eigenvalue weighted by Gasteiger charge is 2.12. The zero-order valence-corrected chi connectivity index (χ0v) is 10.3. The Bertz CT molecular complexity index is 468. The topological polar surface area (TPSA) is 33.4 Å². The Labute approximate surface area is 102 Å². The van der Waals surface area contributed by atoms with Crippen LogP contribution in [-0.4, -0.2) is 5.11 Å². The summed E-state index contributed by atoms with van der Waals surface area (Å²) in [4.78, 5) is 0. The molecule has 0 saturated heterocycles. The lowest BCUT2D eigenvalue weighted by Gasteiger charge is -2.08. The molecule has 0 bridgehead atoms. The summed E-state index contributed by atoms with van der Waals surface area (Å²) in [7, 11) is 0. The lowest BCUT2D eigenvalue weighted by Crippen LogP contribution is -2.00. The minimum absolute atomic E-state index is 0.557. The van der Waals surface area contributed by atoms with Gasteiger partial charge in [-0.25, -0.2) is 0 Å². The second-order valence-electron chi connectivity index (χ2n) is 4.36. The first-order chi connectivity index (χ1) is 8.19. The van der Waals surface area contributed by atoms with Crippen LogP contribution in [-0.2, 0) is 12.8 Å². The summed E-state index contributed by atoms with van der Waals surface area (Å²) in [6.45, 7) is 4.09. The molecule has 1 aromatic carbocycles. The Hall–Kier alpha value is -1.54. The van der Waals surface area contributed by atoms with Gasteiger partial charge in [0.15, 0.2) is 0 Å². The normalized spacial score (nSPS) is 12.6. The van der Waals surface area contributed by atoms with Crippen molar-refractivity contribution >= 4 is 0 Å². The number of hydrogen-bond acceptors (Lipinski definition) is 2. The molecule has 17 heavy (non-hydrogen) atoms. The zero-order chi connectivity index (χ0) is 12.3. The lowest BCUT2D eigenvalue weighted by atomic mass is 10.1. The Balaban J connectivity index is 2.05. The van der Waals surface area contributed by atoms with Gasteiger partial charge in [-0.3, -0.25) is 0 Å². The molecule has 90 valence electrons. The van der Waals surface area contributed by atoms with Crippen LogP contribution < -0.4 is 0 Å². The van der Waals surface area contributed by atoms with Crippen molar-refractivity contribution in [3.05, 3.63) is 59.0 Å². The van der Waals surface area contributed by atoms with Crippen LogP contribution in [0, 0.1) is 6.92 Å². The van der Waals surface area contributed by atoms with Crippen LogP contribution in [0.1, 0.15) is 35.7 Å². The molecular weight excluding hydrogens is 212 g/mol. The van der Waals surface area contributed by atoms with Crippen LogP contribution in [0.5, 0.6) is 0 Å². The van der Waals surface area contributed by atoms with Gasteiger partial charge < -0.3 is 9.52 Å². The fourth-order valence-electron chi connectivity index (χ4n) is 1.81. The predicted octanol–water partition coefficient (Wildman–Crippen LogP) is 3.43. The summed E-state index contributed by atoms with van der Waals surface area (Å²) in [6, 6.07) is 12.0. The summed E-state index contributed by atoms with van der Waals surface area (Å²) in [5.41, 5.74) is 2.35. The van der Waals surface area contributed by atoms with Crippen LogP contribution >= 0.6 is 0 Å². The number of aliphatic hydroxyl groups excluding tert-OH is 1. The van der Waals surface area contributed by atoms with Gasteiger partial charge in [-0.05, 0) is 24.6 Å². The molecule has 0 spiro atoms. The fourth-order valence-corrected chi connectivity index (χ4v) is 1.81. The number of rotatable bonds is 4. The lowest BCUT2D eigenvalue weighted by molar-refractivity contribution is 0.148. The summed E-state index contributed by atoms with van der Waals surface area (Å²) >= 11 is 0. The van der Waals surface area contributed by atoms with Crippen LogP contribution in [0.2, 0.25) is 0 Å². The van der Waals surface area contributed by atoms with E-state index in [-0.39, 0.29) is 0 Å². The smallest absolute Gasteiger partial charge is 0.133 e. The van der Waals surface area contributed by atoms with Gasteiger partial charge in [0.25, 0.3) is 0 Å². The number of aryl methyl sites for hydroxylation is 2. The van der Waals surface area contributed by atoms with E-state index in [0.717, 1.165) is 17.7 Å². The standard InChI is InChI=1S/C15H18O2/c1-3-13-8-9-15(17-13)14(16)10-12-6-4-11(2)5-7-12/h4-9,14,16H,3,10H2,1-2H3. The van der Waals surface area contributed by atoms with E-state index in [2.05, 4.69) is 19.1 Å². The molecule has 0 aliphatic heterocycles. The summed E-state index contributed by atoms with van der Waals surface area (Å²) in [5, 5.41) is 10.1. The van der Waals surface area contributed by atoms with Gasteiger partial charge in [-0.2, -0.15) is 0 Å². The van der Waals surface area contributed by atoms with E-state index < -0.39 is 6.10 Å². The largest absolute Gasteiger partial charge is 0.463 e. The highest BCUT2D eigenvalue weighted by molar-refractivity contribution is 5.23. The quantitative estimate of drug-likeness (QED) is 0.873.